The fraction of sp³-hybridized carbons (Fsp3) is 0.0800. The van der Waals surface area contributed by atoms with Gasteiger partial charge in [0.05, 0.1) is 19.8 Å². The number of ketones is 1. The van der Waals surface area contributed by atoms with Gasteiger partial charge in [0.2, 0.25) is 0 Å². The molecule has 6 nitrogen and oxygen atoms in total. The van der Waals surface area contributed by atoms with Crippen LogP contribution < -0.4 is 9.47 Å². The molecule has 156 valence electrons. The molecule has 0 saturated carbocycles. The van der Waals surface area contributed by atoms with E-state index in [9.17, 15) is 14.4 Å². The van der Waals surface area contributed by atoms with Crippen LogP contribution in [0.1, 0.15) is 36.6 Å². The van der Waals surface area contributed by atoms with Gasteiger partial charge in [-0.15, -0.1) is 0 Å². The predicted molar refractivity (Wildman–Crippen MR) is 116 cm³/mol. The van der Waals surface area contributed by atoms with Crippen molar-refractivity contribution < 1.29 is 28.6 Å². The van der Waals surface area contributed by atoms with Crippen molar-refractivity contribution in [1.29, 1.82) is 0 Å². The number of hydrogen-bond donors (Lipinski definition) is 0. The van der Waals surface area contributed by atoms with Crippen molar-refractivity contribution >= 4 is 23.8 Å². The van der Waals surface area contributed by atoms with Gasteiger partial charge in [-0.05, 0) is 60.2 Å². The van der Waals surface area contributed by atoms with E-state index in [0.29, 0.717) is 28.2 Å². The Morgan fingerprint density at radius 2 is 1.39 bits per heavy atom. The molecule has 0 bridgehead atoms. The summed E-state index contributed by atoms with van der Waals surface area (Å²) in [5.41, 5.74) is 1.96. The van der Waals surface area contributed by atoms with Crippen LogP contribution in [-0.2, 0) is 4.74 Å². The van der Waals surface area contributed by atoms with Crippen molar-refractivity contribution in [2.75, 3.05) is 14.2 Å². The van der Waals surface area contributed by atoms with Crippen molar-refractivity contribution in [2.24, 2.45) is 0 Å². The fourth-order valence-corrected chi connectivity index (χ4v) is 2.78. The van der Waals surface area contributed by atoms with Gasteiger partial charge in [-0.1, -0.05) is 30.3 Å². The number of rotatable bonds is 7. The van der Waals surface area contributed by atoms with Crippen LogP contribution in [0.3, 0.4) is 0 Å². The molecule has 0 amide bonds. The lowest BCUT2D eigenvalue weighted by Gasteiger charge is -2.08. The summed E-state index contributed by atoms with van der Waals surface area (Å²) in [6, 6.07) is 19.7. The van der Waals surface area contributed by atoms with Gasteiger partial charge in [-0.25, -0.2) is 9.59 Å². The number of para-hydroxylation sites is 1. The van der Waals surface area contributed by atoms with Gasteiger partial charge in [-0.3, -0.25) is 4.79 Å². The first-order chi connectivity index (χ1) is 15.0. The molecule has 3 rings (SSSR count). The van der Waals surface area contributed by atoms with Gasteiger partial charge in [0.15, 0.2) is 5.78 Å². The summed E-state index contributed by atoms with van der Waals surface area (Å²) in [7, 11) is 2.80. The van der Waals surface area contributed by atoms with Crippen molar-refractivity contribution in [1.82, 2.24) is 0 Å². The summed E-state index contributed by atoms with van der Waals surface area (Å²) < 4.78 is 15.2. The molecule has 3 aromatic carbocycles. The number of benzene rings is 3. The second-order valence-corrected chi connectivity index (χ2v) is 6.43. The van der Waals surface area contributed by atoms with E-state index in [1.807, 2.05) is 0 Å². The van der Waals surface area contributed by atoms with E-state index < -0.39 is 11.9 Å². The van der Waals surface area contributed by atoms with E-state index in [-0.39, 0.29) is 5.78 Å². The molecule has 0 atom stereocenters. The number of esters is 2. The maximum atomic E-state index is 12.4. The highest BCUT2D eigenvalue weighted by atomic mass is 16.5. The maximum Gasteiger partial charge on any atom is 0.347 e. The van der Waals surface area contributed by atoms with Crippen molar-refractivity contribution in [3.63, 3.8) is 0 Å². The molecule has 3 aromatic rings. The summed E-state index contributed by atoms with van der Waals surface area (Å²) in [5, 5.41) is 0. The monoisotopic (exact) mass is 416 g/mol. The third kappa shape index (κ3) is 5.45. The molecule has 6 heteroatoms. The average Bonchev–Trinajstić information content (AvgIpc) is 2.82. The van der Waals surface area contributed by atoms with Crippen LogP contribution in [0.15, 0.2) is 78.9 Å². The van der Waals surface area contributed by atoms with Gasteiger partial charge in [-0.2, -0.15) is 0 Å². The van der Waals surface area contributed by atoms with Crippen LogP contribution in [0.5, 0.6) is 11.5 Å². The second kappa shape index (κ2) is 10.0. The van der Waals surface area contributed by atoms with Gasteiger partial charge in [0, 0.05) is 5.56 Å². The Balaban J connectivity index is 1.64. The number of methoxy groups -OCH3 is 2. The molecule has 0 N–H and O–H groups in total. The van der Waals surface area contributed by atoms with E-state index in [0.717, 1.165) is 5.56 Å². The molecule has 0 aliphatic heterocycles. The lowest BCUT2D eigenvalue weighted by Crippen LogP contribution is -2.10. The van der Waals surface area contributed by atoms with Gasteiger partial charge in [0.25, 0.3) is 0 Å². The zero-order valence-corrected chi connectivity index (χ0v) is 17.0. The summed E-state index contributed by atoms with van der Waals surface area (Å²) in [5.74, 6) is -0.441. The van der Waals surface area contributed by atoms with Crippen LogP contribution in [0, 0.1) is 0 Å². The molecule has 0 unspecified atom stereocenters. The Hall–Kier alpha value is -4.19. The maximum absolute atomic E-state index is 12.4. The normalized spacial score (nSPS) is 10.5. The number of allylic oxidation sites excluding steroid dienone is 1. The Bertz CT molecular complexity index is 1110. The highest BCUT2D eigenvalue weighted by Gasteiger charge is 2.14. The summed E-state index contributed by atoms with van der Waals surface area (Å²) in [4.78, 5) is 36.2. The molecule has 0 saturated heterocycles. The minimum absolute atomic E-state index is 0.209. The highest BCUT2D eigenvalue weighted by Crippen LogP contribution is 2.21. The molecule has 0 aromatic heterocycles. The quantitative estimate of drug-likeness (QED) is 0.242. The summed E-state index contributed by atoms with van der Waals surface area (Å²) >= 11 is 0. The smallest absolute Gasteiger partial charge is 0.347 e. The van der Waals surface area contributed by atoms with Crippen molar-refractivity contribution in [3.05, 3.63) is 101 Å². The van der Waals surface area contributed by atoms with Gasteiger partial charge in [0.1, 0.15) is 17.1 Å². The van der Waals surface area contributed by atoms with E-state index in [4.69, 9.17) is 9.47 Å². The molecule has 0 aliphatic carbocycles. The highest BCUT2D eigenvalue weighted by molar-refractivity contribution is 6.07. The number of carbonyl (C=O) groups excluding carboxylic acids is 3. The molecule has 31 heavy (non-hydrogen) atoms. The first-order valence-electron chi connectivity index (χ1n) is 9.38. The van der Waals surface area contributed by atoms with Crippen LogP contribution in [0.2, 0.25) is 0 Å². The molecule has 0 aliphatic rings. The standard InChI is InChI=1S/C25H20O6/c1-29-23-6-4-3-5-21(23)25(28)31-20-14-12-18(13-15-20)22(26)16-9-17-7-10-19(11-8-17)24(27)30-2/h3-16H,1-2H3/b16-9+. The largest absolute Gasteiger partial charge is 0.496 e. The Kier molecular flexibility index (Phi) is 6.96. The average molecular weight is 416 g/mol. The molecular weight excluding hydrogens is 396 g/mol. The lowest BCUT2D eigenvalue weighted by atomic mass is 10.1. The summed E-state index contributed by atoms with van der Waals surface area (Å²) in [6.07, 6.45) is 3.09. The molecule has 0 spiro atoms. The molecule has 0 radical (unpaired) electrons. The van der Waals surface area contributed by atoms with Crippen molar-refractivity contribution in [2.45, 2.75) is 0 Å². The lowest BCUT2D eigenvalue weighted by molar-refractivity contribution is 0.0600. The predicted octanol–water partition coefficient (Wildman–Crippen LogP) is 4.60. The van der Waals surface area contributed by atoms with Crippen LogP contribution in [-0.4, -0.2) is 31.9 Å². The van der Waals surface area contributed by atoms with Crippen LogP contribution in [0.25, 0.3) is 6.08 Å². The number of hydrogen-bond acceptors (Lipinski definition) is 6. The van der Waals surface area contributed by atoms with Crippen LogP contribution >= 0.6 is 0 Å². The Morgan fingerprint density at radius 1 is 0.742 bits per heavy atom. The summed E-state index contributed by atoms with van der Waals surface area (Å²) in [6.45, 7) is 0. The zero-order valence-electron chi connectivity index (χ0n) is 17.0. The number of ether oxygens (including phenoxy) is 3. The first-order valence-corrected chi connectivity index (χ1v) is 9.38. The van der Waals surface area contributed by atoms with E-state index in [2.05, 4.69) is 4.74 Å². The van der Waals surface area contributed by atoms with Gasteiger partial charge < -0.3 is 14.2 Å². The minimum atomic E-state index is -0.549. The zero-order chi connectivity index (χ0) is 22.2. The molecule has 0 fully saturated rings. The third-order valence-corrected chi connectivity index (χ3v) is 4.44. The Morgan fingerprint density at radius 3 is 2.03 bits per heavy atom. The SMILES string of the molecule is COC(=O)c1ccc(/C=C/C(=O)c2ccc(OC(=O)c3ccccc3OC)cc2)cc1. The fourth-order valence-electron chi connectivity index (χ4n) is 2.78. The topological polar surface area (TPSA) is 78.9 Å². The van der Waals surface area contributed by atoms with E-state index >= 15 is 0 Å². The second-order valence-electron chi connectivity index (χ2n) is 6.43. The van der Waals surface area contributed by atoms with Gasteiger partial charge >= 0.3 is 11.9 Å². The van der Waals surface area contributed by atoms with Crippen molar-refractivity contribution in [3.8, 4) is 11.5 Å². The molecule has 0 heterocycles. The van der Waals surface area contributed by atoms with E-state index in [1.165, 1.54) is 20.3 Å². The third-order valence-electron chi connectivity index (χ3n) is 4.44. The van der Waals surface area contributed by atoms with Crippen LogP contribution in [0.4, 0.5) is 0 Å². The van der Waals surface area contributed by atoms with E-state index in [1.54, 1.807) is 78.9 Å². The Labute approximate surface area is 179 Å². The number of carbonyl (C=O) groups is 3. The minimum Gasteiger partial charge on any atom is -0.496 e. The first kappa shape index (κ1) is 21.5. The molecular formula is C25H20O6.